The summed E-state index contributed by atoms with van der Waals surface area (Å²) < 4.78 is 22.5. The van der Waals surface area contributed by atoms with Crippen LogP contribution >= 0.6 is 12.2 Å². The van der Waals surface area contributed by atoms with Crippen molar-refractivity contribution in [1.82, 2.24) is 4.90 Å². The topological polar surface area (TPSA) is 80.5 Å². The van der Waals surface area contributed by atoms with Gasteiger partial charge in [0.05, 0.1) is 11.5 Å². The molecule has 7 heteroatoms. The Morgan fingerprint density at radius 1 is 1.50 bits per heavy atom. The number of thiocarbonyl (C=S) groups is 1. The Labute approximate surface area is 102 Å². The normalized spacial score (nSPS) is 13.2. The second kappa shape index (κ2) is 6.15. The average Bonchev–Trinajstić information content (AvgIpc) is 2.12. The fourth-order valence-electron chi connectivity index (χ4n) is 1.17. The van der Waals surface area contributed by atoms with Crippen molar-refractivity contribution in [2.45, 2.75) is 25.5 Å². The molecule has 0 spiro atoms. The minimum Gasteiger partial charge on any atom is -0.392 e. The molecule has 0 radical (unpaired) electrons. The van der Waals surface area contributed by atoms with E-state index in [0.29, 0.717) is 6.54 Å². The molecule has 0 aromatic rings. The van der Waals surface area contributed by atoms with Crippen LogP contribution in [-0.2, 0) is 14.6 Å². The Morgan fingerprint density at radius 3 is 2.31 bits per heavy atom. The minimum absolute atomic E-state index is 0.127. The zero-order valence-corrected chi connectivity index (χ0v) is 11.4. The molecular weight excluding hydrogens is 248 g/mol. The van der Waals surface area contributed by atoms with Gasteiger partial charge in [-0.15, -0.1) is 0 Å². The van der Waals surface area contributed by atoms with E-state index < -0.39 is 21.0 Å². The molecule has 1 amide bonds. The highest BCUT2D eigenvalue weighted by molar-refractivity contribution is 7.92. The Kier molecular flexibility index (Phi) is 5.88. The van der Waals surface area contributed by atoms with Gasteiger partial charge in [-0.25, -0.2) is 8.42 Å². The zero-order chi connectivity index (χ0) is 12.9. The maximum Gasteiger partial charge on any atom is 0.240 e. The van der Waals surface area contributed by atoms with E-state index in [2.05, 4.69) is 0 Å². The third-order valence-electron chi connectivity index (χ3n) is 2.14. The van der Waals surface area contributed by atoms with Crippen LogP contribution in [0.25, 0.3) is 0 Å². The van der Waals surface area contributed by atoms with Crippen molar-refractivity contribution in [3.8, 4) is 0 Å². The highest BCUT2D eigenvalue weighted by atomic mass is 32.2. The molecule has 94 valence electrons. The molecule has 0 bridgehead atoms. The predicted octanol–water partition coefficient (Wildman–Crippen LogP) is -0.0558. The molecule has 0 saturated carbocycles. The Hall–Kier alpha value is -0.690. The first-order valence-corrected chi connectivity index (χ1v) is 7.32. The first-order valence-electron chi connectivity index (χ1n) is 4.96. The second-order valence-corrected chi connectivity index (χ2v) is 6.59. The van der Waals surface area contributed by atoms with Crippen LogP contribution in [0.1, 0.15) is 20.3 Å². The third kappa shape index (κ3) is 4.89. The van der Waals surface area contributed by atoms with Crippen molar-refractivity contribution in [2.75, 3.05) is 19.3 Å². The van der Waals surface area contributed by atoms with Crippen molar-refractivity contribution in [3.05, 3.63) is 0 Å². The molecule has 0 aromatic carbocycles. The van der Waals surface area contributed by atoms with E-state index in [4.69, 9.17) is 18.0 Å². The van der Waals surface area contributed by atoms with E-state index in [9.17, 15) is 13.2 Å². The number of sulfone groups is 1. The summed E-state index contributed by atoms with van der Waals surface area (Å²) in [5.41, 5.74) is 5.36. The molecule has 0 aliphatic carbocycles. The number of hydrogen-bond donors (Lipinski definition) is 1. The molecule has 0 rings (SSSR count). The molecular formula is C9H18N2O3S2. The third-order valence-corrected chi connectivity index (χ3v) is 3.76. The molecule has 0 aliphatic heterocycles. The van der Waals surface area contributed by atoms with Gasteiger partial charge in [0.15, 0.2) is 9.84 Å². The van der Waals surface area contributed by atoms with Gasteiger partial charge in [0, 0.05) is 12.8 Å². The summed E-state index contributed by atoms with van der Waals surface area (Å²) in [7, 11) is -3.38. The first kappa shape index (κ1) is 15.3. The molecule has 16 heavy (non-hydrogen) atoms. The summed E-state index contributed by atoms with van der Waals surface area (Å²) in [6.07, 6.45) is 1.77. The molecule has 0 saturated heterocycles. The van der Waals surface area contributed by atoms with E-state index in [0.717, 1.165) is 12.7 Å². The van der Waals surface area contributed by atoms with Crippen LogP contribution in [0, 0.1) is 0 Å². The van der Waals surface area contributed by atoms with Crippen molar-refractivity contribution in [3.63, 3.8) is 0 Å². The summed E-state index contributed by atoms with van der Waals surface area (Å²) in [6, 6.07) is 0. The number of nitrogens with zero attached hydrogens (tertiary/aromatic N) is 1. The van der Waals surface area contributed by atoms with Crippen LogP contribution in [0.4, 0.5) is 0 Å². The molecule has 0 heterocycles. The van der Waals surface area contributed by atoms with Crippen LogP contribution in [0.5, 0.6) is 0 Å². The number of hydrogen-bond acceptors (Lipinski definition) is 4. The summed E-state index contributed by atoms with van der Waals surface area (Å²) in [6.45, 7) is 3.85. The monoisotopic (exact) mass is 266 g/mol. The summed E-state index contributed by atoms with van der Waals surface area (Å²) in [5, 5.41) is -1.05. The Bertz CT molecular complexity index is 365. The quantitative estimate of drug-likeness (QED) is 0.681. The number of amides is 1. The van der Waals surface area contributed by atoms with Gasteiger partial charge >= 0.3 is 0 Å². The standard InChI is InChI=1S/C9H18N2O3S2/c1-4-5-11(6-8(10)15)9(12)7(2)16(3,13)14/h7H,4-6H2,1-3H3,(H2,10,15). The first-order chi connectivity index (χ1) is 7.20. The van der Waals surface area contributed by atoms with Gasteiger partial charge in [0.2, 0.25) is 5.91 Å². The Balaban J connectivity index is 4.80. The fourth-order valence-corrected chi connectivity index (χ4v) is 1.84. The van der Waals surface area contributed by atoms with E-state index in [-0.39, 0.29) is 11.5 Å². The molecule has 1 unspecified atom stereocenters. The lowest BCUT2D eigenvalue weighted by Gasteiger charge is -2.24. The second-order valence-electron chi connectivity index (χ2n) is 3.70. The average molecular weight is 266 g/mol. The lowest BCUT2D eigenvalue weighted by Crippen LogP contribution is -2.45. The summed E-state index contributed by atoms with van der Waals surface area (Å²) in [5.74, 6) is -0.447. The van der Waals surface area contributed by atoms with Crippen LogP contribution in [0.3, 0.4) is 0 Å². The van der Waals surface area contributed by atoms with Gasteiger partial charge in [0.25, 0.3) is 0 Å². The fraction of sp³-hybridized carbons (Fsp3) is 0.778. The van der Waals surface area contributed by atoms with Gasteiger partial charge in [-0.1, -0.05) is 19.1 Å². The minimum atomic E-state index is -3.38. The molecule has 5 nitrogen and oxygen atoms in total. The molecule has 0 aliphatic rings. The van der Waals surface area contributed by atoms with E-state index in [1.807, 2.05) is 6.92 Å². The van der Waals surface area contributed by atoms with Crippen molar-refractivity contribution in [1.29, 1.82) is 0 Å². The maximum absolute atomic E-state index is 11.8. The highest BCUT2D eigenvalue weighted by Gasteiger charge is 2.28. The van der Waals surface area contributed by atoms with E-state index in [1.165, 1.54) is 11.8 Å². The zero-order valence-electron chi connectivity index (χ0n) is 9.76. The smallest absolute Gasteiger partial charge is 0.240 e. The number of carbonyl (C=O) groups excluding carboxylic acids is 1. The molecule has 1 atom stereocenters. The van der Waals surface area contributed by atoms with Crippen molar-refractivity contribution >= 4 is 33.0 Å². The van der Waals surface area contributed by atoms with Crippen molar-refractivity contribution < 1.29 is 13.2 Å². The van der Waals surface area contributed by atoms with Gasteiger partial charge in [0.1, 0.15) is 5.25 Å². The van der Waals surface area contributed by atoms with Crippen LogP contribution < -0.4 is 5.73 Å². The largest absolute Gasteiger partial charge is 0.392 e. The summed E-state index contributed by atoms with van der Waals surface area (Å²) >= 11 is 4.72. The number of rotatable bonds is 6. The predicted molar refractivity (Wildman–Crippen MR) is 68.0 cm³/mol. The maximum atomic E-state index is 11.8. The summed E-state index contributed by atoms with van der Waals surface area (Å²) in [4.78, 5) is 13.4. The van der Waals surface area contributed by atoms with E-state index >= 15 is 0 Å². The van der Waals surface area contributed by atoms with Gasteiger partial charge in [-0.2, -0.15) is 0 Å². The van der Waals surface area contributed by atoms with Crippen LogP contribution in [0.15, 0.2) is 0 Å². The highest BCUT2D eigenvalue weighted by Crippen LogP contribution is 2.05. The lowest BCUT2D eigenvalue weighted by molar-refractivity contribution is -0.129. The SMILES string of the molecule is CCCN(CC(N)=S)C(=O)C(C)S(C)(=O)=O. The van der Waals surface area contributed by atoms with Crippen molar-refractivity contribution in [2.24, 2.45) is 5.73 Å². The van der Waals surface area contributed by atoms with Gasteiger partial charge in [-0.05, 0) is 13.3 Å². The van der Waals surface area contributed by atoms with Gasteiger partial charge < -0.3 is 10.6 Å². The van der Waals surface area contributed by atoms with E-state index in [1.54, 1.807) is 0 Å². The van der Waals surface area contributed by atoms with Crippen LogP contribution in [0.2, 0.25) is 0 Å². The number of nitrogens with two attached hydrogens (primary N) is 1. The Morgan fingerprint density at radius 2 is 2.00 bits per heavy atom. The van der Waals surface area contributed by atoms with Crippen LogP contribution in [-0.4, -0.2) is 48.8 Å². The molecule has 0 fully saturated rings. The van der Waals surface area contributed by atoms with Gasteiger partial charge in [-0.3, -0.25) is 4.79 Å². The number of carbonyl (C=O) groups is 1. The molecule has 2 N–H and O–H groups in total. The lowest BCUT2D eigenvalue weighted by atomic mass is 10.3. The molecule has 0 aromatic heterocycles.